The monoisotopic (exact) mass is 260 g/mol. The van der Waals surface area contributed by atoms with Gasteiger partial charge < -0.3 is 5.21 Å². The molecule has 0 bridgehead atoms. The molecule has 1 aliphatic rings. The second kappa shape index (κ2) is 4.57. The molecule has 1 aliphatic carbocycles. The van der Waals surface area contributed by atoms with E-state index in [1.165, 1.54) is 6.42 Å². The van der Waals surface area contributed by atoms with Crippen LogP contribution in [0.3, 0.4) is 0 Å². The summed E-state index contributed by atoms with van der Waals surface area (Å²) in [6.45, 7) is 0. The van der Waals surface area contributed by atoms with Crippen molar-refractivity contribution in [1.29, 1.82) is 0 Å². The van der Waals surface area contributed by atoms with Crippen LogP contribution in [0.5, 0.6) is 0 Å². The maximum Gasteiger partial charge on any atom is 0.365 e. The van der Waals surface area contributed by atoms with Crippen LogP contribution in [0, 0.1) is 0 Å². The highest BCUT2D eigenvalue weighted by Crippen LogP contribution is 2.28. The molecule has 1 heterocycles. The summed E-state index contributed by atoms with van der Waals surface area (Å²) >= 11 is 0. The van der Waals surface area contributed by atoms with Gasteiger partial charge in [0.1, 0.15) is 0 Å². The molecule has 1 saturated carbocycles. The van der Waals surface area contributed by atoms with Crippen LogP contribution in [0.2, 0.25) is 0 Å². The van der Waals surface area contributed by atoms with Gasteiger partial charge in [-0.1, -0.05) is 36.1 Å². The summed E-state index contributed by atoms with van der Waals surface area (Å²) in [6.07, 6.45) is 5.18. The smallest absolute Gasteiger partial charge is 0.365 e. The maximum absolute atomic E-state index is 12.2. The lowest BCUT2D eigenvalue weighted by atomic mass is 9.95. The van der Waals surface area contributed by atoms with E-state index < -0.39 is 11.2 Å². The number of fused-ring (bicyclic) bond motifs is 1. The Bertz CT molecular complexity index is 724. The maximum atomic E-state index is 12.2. The van der Waals surface area contributed by atoms with E-state index in [2.05, 4.69) is 0 Å². The predicted molar refractivity (Wildman–Crippen MR) is 71.8 cm³/mol. The van der Waals surface area contributed by atoms with E-state index in [1.54, 1.807) is 22.8 Å². The molecule has 5 heteroatoms. The molecule has 5 nitrogen and oxygen atoms in total. The van der Waals surface area contributed by atoms with E-state index in [0.717, 1.165) is 25.7 Å². The Morgan fingerprint density at radius 3 is 2.47 bits per heavy atom. The molecule has 0 aliphatic heterocycles. The lowest BCUT2D eigenvalue weighted by molar-refractivity contribution is 0.152. The van der Waals surface area contributed by atoms with Gasteiger partial charge in [-0.2, -0.15) is 0 Å². The van der Waals surface area contributed by atoms with Gasteiger partial charge in [-0.15, -0.1) is 0 Å². The first-order valence-electron chi connectivity index (χ1n) is 6.65. The molecule has 0 unspecified atom stereocenters. The van der Waals surface area contributed by atoms with Gasteiger partial charge in [-0.05, 0) is 25.0 Å². The highest BCUT2D eigenvalue weighted by molar-refractivity contribution is 5.77. The van der Waals surface area contributed by atoms with Gasteiger partial charge in [-0.3, -0.25) is 9.36 Å². The van der Waals surface area contributed by atoms with Crippen LogP contribution in [0.1, 0.15) is 38.1 Å². The average molecular weight is 260 g/mol. The number of benzene rings is 1. The van der Waals surface area contributed by atoms with Crippen molar-refractivity contribution in [2.75, 3.05) is 0 Å². The average Bonchev–Trinajstić information content (AvgIpc) is 2.46. The molecule has 0 atom stereocenters. The van der Waals surface area contributed by atoms with Gasteiger partial charge in [0.25, 0.3) is 5.56 Å². The zero-order chi connectivity index (χ0) is 13.4. The fourth-order valence-electron chi connectivity index (χ4n) is 2.96. The standard InChI is InChI=1S/C14H16N2O3/c17-13-11-8-4-5-9-12(11)15(14(18)16(13)19)10-6-2-1-3-7-10/h4-5,8-10,19H,1-3,6-7H2. The van der Waals surface area contributed by atoms with Gasteiger partial charge in [0, 0.05) is 6.04 Å². The molecule has 100 valence electrons. The number of hydrogen-bond donors (Lipinski definition) is 1. The van der Waals surface area contributed by atoms with Crippen molar-refractivity contribution in [3.8, 4) is 0 Å². The third kappa shape index (κ3) is 1.85. The highest BCUT2D eigenvalue weighted by atomic mass is 16.5. The largest absolute Gasteiger partial charge is 0.421 e. The van der Waals surface area contributed by atoms with Crippen molar-refractivity contribution in [2.45, 2.75) is 38.1 Å². The van der Waals surface area contributed by atoms with Crippen LogP contribution in [0.25, 0.3) is 10.9 Å². The normalized spacial score (nSPS) is 16.8. The van der Waals surface area contributed by atoms with Gasteiger partial charge in [-0.25, -0.2) is 4.79 Å². The van der Waals surface area contributed by atoms with Gasteiger partial charge >= 0.3 is 5.69 Å². The van der Waals surface area contributed by atoms with Crippen LogP contribution >= 0.6 is 0 Å². The van der Waals surface area contributed by atoms with E-state index in [4.69, 9.17) is 0 Å². The van der Waals surface area contributed by atoms with Crippen molar-refractivity contribution in [2.24, 2.45) is 0 Å². The summed E-state index contributed by atoms with van der Waals surface area (Å²) < 4.78 is 1.81. The first kappa shape index (κ1) is 12.0. The molecule has 1 aromatic carbocycles. The van der Waals surface area contributed by atoms with Crippen LogP contribution in [0.15, 0.2) is 33.9 Å². The minimum absolute atomic E-state index is 0.0742. The molecule has 19 heavy (non-hydrogen) atoms. The molecule has 0 spiro atoms. The molecule has 1 fully saturated rings. The molecule has 0 amide bonds. The number of para-hydroxylation sites is 1. The van der Waals surface area contributed by atoms with E-state index in [9.17, 15) is 14.8 Å². The second-order valence-electron chi connectivity index (χ2n) is 5.08. The van der Waals surface area contributed by atoms with Crippen LogP contribution in [-0.4, -0.2) is 14.5 Å². The van der Waals surface area contributed by atoms with Crippen LogP contribution in [-0.2, 0) is 0 Å². The molecule has 3 rings (SSSR count). The zero-order valence-electron chi connectivity index (χ0n) is 10.6. The third-order valence-corrected chi connectivity index (χ3v) is 3.91. The van der Waals surface area contributed by atoms with Crippen molar-refractivity contribution in [1.82, 2.24) is 9.30 Å². The lowest BCUT2D eigenvalue weighted by Gasteiger charge is -2.25. The second-order valence-corrected chi connectivity index (χ2v) is 5.08. The van der Waals surface area contributed by atoms with Gasteiger partial charge in [0.15, 0.2) is 0 Å². The predicted octanol–water partition coefficient (Wildman–Crippen LogP) is 1.91. The van der Waals surface area contributed by atoms with E-state index >= 15 is 0 Å². The summed E-state index contributed by atoms with van der Waals surface area (Å²) in [5.41, 5.74) is -0.655. The first-order chi connectivity index (χ1) is 9.20. The Hall–Kier alpha value is -2.04. The fraction of sp³-hybridized carbons (Fsp3) is 0.429. The summed E-state index contributed by atoms with van der Waals surface area (Å²) in [5.74, 6) is 0. The topological polar surface area (TPSA) is 64.2 Å². The Labute approximate surface area is 109 Å². The van der Waals surface area contributed by atoms with Gasteiger partial charge in [0.2, 0.25) is 0 Å². The molecule has 2 aromatic rings. The van der Waals surface area contributed by atoms with Crippen LogP contribution in [0.4, 0.5) is 0 Å². The van der Waals surface area contributed by atoms with E-state index in [1.807, 2.05) is 6.07 Å². The highest BCUT2D eigenvalue weighted by Gasteiger charge is 2.21. The van der Waals surface area contributed by atoms with Crippen LogP contribution < -0.4 is 11.2 Å². The Morgan fingerprint density at radius 1 is 1.05 bits per heavy atom. The summed E-state index contributed by atoms with van der Waals surface area (Å²) in [7, 11) is 0. The van der Waals surface area contributed by atoms with E-state index in [0.29, 0.717) is 10.9 Å². The van der Waals surface area contributed by atoms with Crippen molar-refractivity contribution < 1.29 is 5.21 Å². The molecule has 0 radical (unpaired) electrons. The SMILES string of the molecule is O=c1c2ccccc2n(C2CCCCC2)c(=O)n1O. The summed E-state index contributed by atoms with van der Waals surface area (Å²) in [4.78, 5) is 24.1. The molecular formula is C14H16N2O3. The Morgan fingerprint density at radius 2 is 1.74 bits per heavy atom. The Balaban J connectivity index is 2.34. The quantitative estimate of drug-likeness (QED) is 0.796. The minimum atomic E-state index is -0.646. The zero-order valence-corrected chi connectivity index (χ0v) is 10.6. The third-order valence-electron chi connectivity index (χ3n) is 3.91. The fourth-order valence-corrected chi connectivity index (χ4v) is 2.96. The summed E-state index contributed by atoms with van der Waals surface area (Å²) in [6, 6.07) is 7.03. The van der Waals surface area contributed by atoms with Crippen molar-refractivity contribution >= 4 is 10.9 Å². The van der Waals surface area contributed by atoms with Gasteiger partial charge in [0.05, 0.1) is 10.9 Å². The lowest BCUT2D eigenvalue weighted by Crippen LogP contribution is -2.40. The number of hydrogen-bond acceptors (Lipinski definition) is 3. The minimum Gasteiger partial charge on any atom is -0.421 e. The Kier molecular flexibility index (Phi) is 2.89. The van der Waals surface area contributed by atoms with E-state index in [-0.39, 0.29) is 10.8 Å². The van der Waals surface area contributed by atoms with Crippen molar-refractivity contribution in [3.05, 3.63) is 45.1 Å². The molecule has 1 N–H and O–H groups in total. The van der Waals surface area contributed by atoms with Crippen molar-refractivity contribution in [3.63, 3.8) is 0 Å². The molecule has 1 aromatic heterocycles. The summed E-state index contributed by atoms with van der Waals surface area (Å²) in [5, 5.41) is 10.1. The first-order valence-corrected chi connectivity index (χ1v) is 6.65. The number of aromatic nitrogens is 2. The molecular weight excluding hydrogens is 244 g/mol. The number of rotatable bonds is 1. The number of nitrogens with zero attached hydrogens (tertiary/aromatic N) is 2. The molecule has 0 saturated heterocycles.